The van der Waals surface area contributed by atoms with Crippen LogP contribution in [0.15, 0.2) is 32.2 Å². The lowest BCUT2D eigenvalue weighted by Crippen LogP contribution is -2.30. The minimum Gasteiger partial charge on any atom is -0.497 e. The van der Waals surface area contributed by atoms with E-state index >= 15 is 0 Å². The fourth-order valence-electron chi connectivity index (χ4n) is 2.81. The number of rotatable bonds is 6. The van der Waals surface area contributed by atoms with Crippen LogP contribution in [0.1, 0.15) is 19.2 Å². The van der Waals surface area contributed by atoms with Gasteiger partial charge in [-0.05, 0) is 18.6 Å². The average Bonchev–Trinajstić information content (AvgIpc) is 2.61. The van der Waals surface area contributed by atoms with Crippen molar-refractivity contribution in [3.8, 4) is 5.75 Å². The van der Waals surface area contributed by atoms with Crippen LogP contribution in [0.5, 0.6) is 5.75 Å². The zero-order valence-electron chi connectivity index (χ0n) is 14.5. The van der Waals surface area contributed by atoms with Crippen molar-refractivity contribution >= 4 is 22.1 Å². The SMILES string of the molecule is CCCc1nc2oc3cc(OC)ccc3c(=O)c2c(=O)n1CCOC. The second-order valence-electron chi connectivity index (χ2n) is 5.70. The summed E-state index contributed by atoms with van der Waals surface area (Å²) in [7, 11) is 3.10. The lowest BCUT2D eigenvalue weighted by molar-refractivity contribution is 0.185. The molecule has 25 heavy (non-hydrogen) atoms. The van der Waals surface area contributed by atoms with E-state index in [0.717, 1.165) is 6.42 Å². The van der Waals surface area contributed by atoms with Crippen molar-refractivity contribution in [1.82, 2.24) is 9.55 Å². The molecule has 132 valence electrons. The molecule has 0 aliphatic heterocycles. The number of fused-ring (bicyclic) bond motifs is 2. The van der Waals surface area contributed by atoms with Gasteiger partial charge in [0.2, 0.25) is 11.1 Å². The first kappa shape index (κ1) is 17.2. The number of benzene rings is 1. The number of ether oxygens (including phenoxy) is 2. The van der Waals surface area contributed by atoms with Gasteiger partial charge in [0.25, 0.3) is 5.56 Å². The topological polar surface area (TPSA) is 83.6 Å². The van der Waals surface area contributed by atoms with Gasteiger partial charge < -0.3 is 13.9 Å². The highest BCUT2D eigenvalue weighted by molar-refractivity contribution is 5.88. The zero-order valence-corrected chi connectivity index (χ0v) is 14.5. The maximum absolute atomic E-state index is 12.9. The predicted octanol–water partition coefficient (Wildman–Crippen LogP) is 2.11. The van der Waals surface area contributed by atoms with Crippen LogP contribution in [-0.4, -0.2) is 30.4 Å². The normalized spacial score (nSPS) is 11.3. The molecule has 0 saturated heterocycles. The molecule has 3 aromatic rings. The van der Waals surface area contributed by atoms with Crippen LogP contribution in [0, 0.1) is 0 Å². The monoisotopic (exact) mass is 344 g/mol. The molecule has 0 fully saturated rings. The van der Waals surface area contributed by atoms with E-state index in [1.165, 1.54) is 11.7 Å². The quantitative estimate of drug-likeness (QED) is 0.637. The maximum atomic E-state index is 12.9. The highest BCUT2D eigenvalue weighted by Crippen LogP contribution is 2.21. The second-order valence-corrected chi connectivity index (χ2v) is 5.70. The summed E-state index contributed by atoms with van der Waals surface area (Å²) >= 11 is 0. The van der Waals surface area contributed by atoms with Crippen LogP contribution in [0.3, 0.4) is 0 Å². The average molecular weight is 344 g/mol. The second kappa shape index (κ2) is 7.06. The molecule has 0 N–H and O–H groups in total. The first-order valence-electron chi connectivity index (χ1n) is 8.14. The third-order valence-electron chi connectivity index (χ3n) is 4.07. The van der Waals surface area contributed by atoms with E-state index in [2.05, 4.69) is 4.98 Å². The Labute approximate surface area is 143 Å². The summed E-state index contributed by atoms with van der Waals surface area (Å²) in [6.45, 7) is 2.70. The van der Waals surface area contributed by atoms with E-state index in [1.807, 2.05) is 6.92 Å². The van der Waals surface area contributed by atoms with Crippen molar-refractivity contribution in [2.45, 2.75) is 26.3 Å². The number of aromatic nitrogens is 2. The fourth-order valence-corrected chi connectivity index (χ4v) is 2.81. The van der Waals surface area contributed by atoms with Gasteiger partial charge in [0.15, 0.2) is 5.39 Å². The van der Waals surface area contributed by atoms with Gasteiger partial charge in [0.1, 0.15) is 17.2 Å². The fraction of sp³-hybridized carbons (Fsp3) is 0.389. The van der Waals surface area contributed by atoms with Gasteiger partial charge in [-0.2, -0.15) is 4.98 Å². The summed E-state index contributed by atoms with van der Waals surface area (Å²) in [6.07, 6.45) is 1.42. The van der Waals surface area contributed by atoms with Crippen LogP contribution in [0.4, 0.5) is 0 Å². The molecule has 7 heteroatoms. The maximum Gasteiger partial charge on any atom is 0.268 e. The molecule has 0 saturated carbocycles. The zero-order chi connectivity index (χ0) is 18.0. The first-order chi connectivity index (χ1) is 12.1. The lowest BCUT2D eigenvalue weighted by Gasteiger charge is -2.12. The molecule has 0 radical (unpaired) electrons. The standard InChI is InChI=1S/C18H20N2O5/c1-4-5-14-19-17-15(18(22)20(14)8-9-23-2)16(21)12-7-6-11(24-3)10-13(12)25-17/h6-7,10H,4-5,8-9H2,1-3H3. The molecule has 0 atom stereocenters. The van der Waals surface area contributed by atoms with Gasteiger partial charge in [0, 0.05) is 19.6 Å². The first-order valence-corrected chi connectivity index (χ1v) is 8.14. The van der Waals surface area contributed by atoms with Gasteiger partial charge >= 0.3 is 0 Å². The van der Waals surface area contributed by atoms with Crippen LogP contribution in [0.25, 0.3) is 22.1 Å². The summed E-state index contributed by atoms with van der Waals surface area (Å²) in [5.74, 6) is 1.15. The molecule has 0 aliphatic rings. The number of nitrogens with zero attached hydrogens (tertiary/aromatic N) is 2. The van der Waals surface area contributed by atoms with Crippen LogP contribution in [0.2, 0.25) is 0 Å². The number of hydrogen-bond acceptors (Lipinski definition) is 6. The smallest absolute Gasteiger partial charge is 0.268 e. The van der Waals surface area contributed by atoms with E-state index < -0.39 is 5.56 Å². The van der Waals surface area contributed by atoms with Gasteiger partial charge in [-0.25, -0.2) is 0 Å². The Morgan fingerprint density at radius 1 is 1.24 bits per heavy atom. The molecule has 7 nitrogen and oxygen atoms in total. The summed E-state index contributed by atoms with van der Waals surface area (Å²) in [5.41, 5.74) is -0.365. The summed E-state index contributed by atoms with van der Waals surface area (Å²) in [6, 6.07) is 4.87. The third-order valence-corrected chi connectivity index (χ3v) is 4.07. The molecule has 0 amide bonds. The minimum atomic E-state index is -0.392. The van der Waals surface area contributed by atoms with Crippen molar-refractivity contribution in [3.05, 3.63) is 44.6 Å². The van der Waals surface area contributed by atoms with E-state index in [0.29, 0.717) is 42.1 Å². The van der Waals surface area contributed by atoms with Crippen LogP contribution >= 0.6 is 0 Å². The van der Waals surface area contributed by atoms with Gasteiger partial charge in [-0.15, -0.1) is 0 Å². The Kier molecular flexibility index (Phi) is 4.85. The molecular weight excluding hydrogens is 324 g/mol. The van der Waals surface area contributed by atoms with Crippen molar-refractivity contribution in [3.63, 3.8) is 0 Å². The van der Waals surface area contributed by atoms with Gasteiger partial charge in [0.05, 0.1) is 25.6 Å². The molecular formula is C18H20N2O5. The molecule has 3 rings (SSSR count). The largest absolute Gasteiger partial charge is 0.497 e. The van der Waals surface area contributed by atoms with Crippen molar-refractivity contribution in [1.29, 1.82) is 0 Å². The van der Waals surface area contributed by atoms with Crippen molar-refractivity contribution < 1.29 is 13.9 Å². The molecule has 0 aliphatic carbocycles. The van der Waals surface area contributed by atoms with Gasteiger partial charge in [-0.3, -0.25) is 14.2 Å². The number of aryl methyl sites for hydroxylation is 1. The molecule has 1 aromatic carbocycles. The summed E-state index contributed by atoms with van der Waals surface area (Å²) in [4.78, 5) is 30.2. The van der Waals surface area contributed by atoms with Gasteiger partial charge in [-0.1, -0.05) is 6.92 Å². The van der Waals surface area contributed by atoms with Crippen molar-refractivity contribution in [2.75, 3.05) is 20.8 Å². The highest BCUT2D eigenvalue weighted by Gasteiger charge is 2.17. The molecule has 0 bridgehead atoms. The van der Waals surface area contributed by atoms with Crippen molar-refractivity contribution in [2.24, 2.45) is 0 Å². The van der Waals surface area contributed by atoms with E-state index in [1.54, 1.807) is 25.3 Å². The lowest BCUT2D eigenvalue weighted by atomic mass is 10.2. The summed E-state index contributed by atoms with van der Waals surface area (Å²) in [5, 5.41) is 0.294. The van der Waals surface area contributed by atoms with E-state index in [-0.39, 0.29) is 16.5 Å². The minimum absolute atomic E-state index is 0.0337. The number of hydrogen-bond donors (Lipinski definition) is 0. The predicted molar refractivity (Wildman–Crippen MR) is 94.5 cm³/mol. The van der Waals surface area contributed by atoms with E-state index in [9.17, 15) is 9.59 Å². The Morgan fingerprint density at radius 2 is 2.04 bits per heavy atom. The Hall–Kier alpha value is -2.67. The molecule has 2 aromatic heterocycles. The van der Waals surface area contributed by atoms with Crippen LogP contribution in [-0.2, 0) is 17.7 Å². The van der Waals surface area contributed by atoms with E-state index in [4.69, 9.17) is 13.9 Å². The molecule has 0 unspecified atom stereocenters. The number of methoxy groups -OCH3 is 2. The molecule has 2 heterocycles. The Bertz CT molecular complexity index is 1040. The van der Waals surface area contributed by atoms with Crippen LogP contribution < -0.4 is 15.7 Å². The Morgan fingerprint density at radius 3 is 2.72 bits per heavy atom. The highest BCUT2D eigenvalue weighted by atomic mass is 16.5. The summed E-state index contributed by atoms with van der Waals surface area (Å²) < 4.78 is 17.5. The molecule has 0 spiro atoms. The third kappa shape index (κ3) is 3.02. The Balaban J connectivity index is 2.36.